The normalized spacial score (nSPS) is 22.3. The number of amides is 1. The summed E-state index contributed by atoms with van der Waals surface area (Å²) in [5.41, 5.74) is 4.70. The molecule has 0 radical (unpaired) electrons. The minimum atomic E-state index is -0.0334. The highest BCUT2D eigenvalue weighted by Crippen LogP contribution is 2.36. The second kappa shape index (κ2) is 8.57. The Morgan fingerprint density at radius 1 is 1.15 bits per heavy atom. The van der Waals surface area contributed by atoms with Crippen molar-refractivity contribution in [2.45, 2.75) is 58.3 Å². The zero-order valence-corrected chi connectivity index (χ0v) is 16.6. The van der Waals surface area contributed by atoms with Gasteiger partial charge in [-0.1, -0.05) is 30.3 Å². The lowest BCUT2D eigenvalue weighted by atomic mass is 9.89. The van der Waals surface area contributed by atoms with E-state index in [0.29, 0.717) is 0 Å². The molecule has 0 bridgehead atoms. The first-order chi connectivity index (χ1) is 13.0. The molecule has 1 N–H and O–H groups in total. The summed E-state index contributed by atoms with van der Waals surface area (Å²) in [6.45, 7) is 5.73. The highest BCUT2D eigenvalue weighted by molar-refractivity contribution is 5.73. The minimum Gasteiger partial charge on any atom is -0.496 e. The van der Waals surface area contributed by atoms with Crippen LogP contribution < -0.4 is 10.1 Å². The molecule has 0 saturated carbocycles. The van der Waals surface area contributed by atoms with Crippen LogP contribution in [0, 0.1) is 13.8 Å². The largest absolute Gasteiger partial charge is 0.496 e. The molecule has 2 aromatic carbocycles. The van der Waals surface area contributed by atoms with Gasteiger partial charge in [-0.25, -0.2) is 0 Å². The molecule has 1 aliphatic rings. The molecule has 1 amide bonds. The summed E-state index contributed by atoms with van der Waals surface area (Å²) in [6.07, 6.45) is 2.51. The van der Waals surface area contributed by atoms with Crippen molar-refractivity contribution in [2.75, 3.05) is 7.11 Å². The van der Waals surface area contributed by atoms with E-state index in [2.05, 4.69) is 55.6 Å². The van der Waals surface area contributed by atoms with Crippen molar-refractivity contribution >= 4 is 5.91 Å². The Bertz CT molecular complexity index is 788. The molecular formula is C23H29NO3. The Kier molecular flexibility index (Phi) is 6.17. The predicted octanol–water partition coefficient (Wildman–Crippen LogP) is 4.28. The predicted molar refractivity (Wildman–Crippen MR) is 107 cm³/mol. The Hall–Kier alpha value is -2.33. The minimum absolute atomic E-state index is 0.0155. The lowest BCUT2D eigenvalue weighted by Crippen LogP contribution is -2.43. The quantitative estimate of drug-likeness (QED) is 0.858. The van der Waals surface area contributed by atoms with E-state index in [1.165, 1.54) is 11.1 Å². The first kappa shape index (κ1) is 19.4. The third-order valence-corrected chi connectivity index (χ3v) is 5.25. The van der Waals surface area contributed by atoms with E-state index < -0.39 is 0 Å². The molecule has 0 aromatic heterocycles. The van der Waals surface area contributed by atoms with Crippen LogP contribution in [-0.4, -0.2) is 25.2 Å². The zero-order valence-electron chi connectivity index (χ0n) is 16.6. The molecular weight excluding hydrogens is 338 g/mol. The number of carbonyl (C=O) groups excluding carboxylic acids is 1. The summed E-state index contributed by atoms with van der Waals surface area (Å²) in [4.78, 5) is 11.7. The third kappa shape index (κ3) is 4.89. The molecule has 0 aliphatic carbocycles. The van der Waals surface area contributed by atoms with Crippen molar-refractivity contribution in [3.63, 3.8) is 0 Å². The number of methoxy groups -OCH3 is 1. The van der Waals surface area contributed by atoms with E-state index in [1.807, 2.05) is 6.07 Å². The van der Waals surface area contributed by atoms with Gasteiger partial charge in [0.15, 0.2) is 0 Å². The molecule has 1 fully saturated rings. The van der Waals surface area contributed by atoms with Gasteiger partial charge >= 0.3 is 0 Å². The fourth-order valence-electron chi connectivity index (χ4n) is 4.01. The highest BCUT2D eigenvalue weighted by Gasteiger charge is 2.32. The van der Waals surface area contributed by atoms with Crippen molar-refractivity contribution in [1.29, 1.82) is 0 Å². The van der Waals surface area contributed by atoms with E-state index in [-0.39, 0.29) is 24.2 Å². The maximum absolute atomic E-state index is 11.7. The van der Waals surface area contributed by atoms with Gasteiger partial charge in [0, 0.05) is 13.0 Å². The van der Waals surface area contributed by atoms with Crippen LogP contribution in [0.15, 0.2) is 42.5 Å². The summed E-state index contributed by atoms with van der Waals surface area (Å²) in [7, 11) is 1.70. The molecule has 3 rings (SSSR count). The van der Waals surface area contributed by atoms with E-state index in [1.54, 1.807) is 14.0 Å². The molecule has 1 aliphatic heterocycles. The van der Waals surface area contributed by atoms with Gasteiger partial charge in [0.25, 0.3) is 0 Å². The molecule has 4 heteroatoms. The van der Waals surface area contributed by atoms with Gasteiger partial charge in [0.2, 0.25) is 5.91 Å². The number of rotatable bonds is 5. The molecule has 27 heavy (non-hydrogen) atoms. The number of hydrogen-bond acceptors (Lipinski definition) is 3. The number of aryl methyl sites for hydroxylation is 2. The Morgan fingerprint density at radius 3 is 2.56 bits per heavy atom. The van der Waals surface area contributed by atoms with Gasteiger partial charge in [-0.3, -0.25) is 4.79 Å². The number of ether oxygens (including phenoxy) is 2. The van der Waals surface area contributed by atoms with Gasteiger partial charge in [0.05, 0.1) is 19.3 Å². The van der Waals surface area contributed by atoms with Gasteiger partial charge in [-0.2, -0.15) is 0 Å². The van der Waals surface area contributed by atoms with E-state index in [9.17, 15) is 4.79 Å². The summed E-state index contributed by atoms with van der Waals surface area (Å²) >= 11 is 0. The van der Waals surface area contributed by atoms with Crippen molar-refractivity contribution in [2.24, 2.45) is 0 Å². The monoisotopic (exact) mass is 367 g/mol. The second-order valence-electron chi connectivity index (χ2n) is 7.48. The number of hydrogen-bond donors (Lipinski definition) is 1. The maximum atomic E-state index is 11.7. The van der Waals surface area contributed by atoms with Gasteiger partial charge in [-0.15, -0.1) is 0 Å². The molecule has 1 heterocycles. The lowest BCUT2D eigenvalue weighted by molar-refractivity contribution is -0.122. The standard InChI is InChI=1S/C23H29NO3/c1-15-11-22(26-4)16(2)10-21(15)23-14-19(24-17(3)25)13-20(27-23)12-18-8-6-5-7-9-18/h5-11,19-20,23H,12-14H2,1-4H3,(H,24,25)/t19-,20+,23+/m1/s1. The van der Waals surface area contributed by atoms with Crippen LogP contribution in [-0.2, 0) is 16.0 Å². The summed E-state index contributed by atoms with van der Waals surface area (Å²) < 4.78 is 11.9. The fraction of sp³-hybridized carbons (Fsp3) is 0.435. The smallest absolute Gasteiger partial charge is 0.217 e. The lowest BCUT2D eigenvalue weighted by Gasteiger charge is -2.37. The second-order valence-corrected chi connectivity index (χ2v) is 7.48. The first-order valence-electron chi connectivity index (χ1n) is 9.58. The van der Waals surface area contributed by atoms with Gasteiger partial charge in [0.1, 0.15) is 5.75 Å². The van der Waals surface area contributed by atoms with Crippen LogP contribution in [0.1, 0.15) is 48.1 Å². The van der Waals surface area contributed by atoms with E-state index >= 15 is 0 Å². The molecule has 0 unspecified atom stereocenters. The Labute approximate surface area is 161 Å². The zero-order chi connectivity index (χ0) is 19.4. The topological polar surface area (TPSA) is 47.6 Å². The van der Waals surface area contributed by atoms with Crippen LogP contribution in [0.3, 0.4) is 0 Å². The fourth-order valence-corrected chi connectivity index (χ4v) is 4.01. The average molecular weight is 367 g/mol. The number of benzene rings is 2. The molecule has 4 nitrogen and oxygen atoms in total. The van der Waals surface area contributed by atoms with Crippen LogP contribution >= 0.6 is 0 Å². The molecule has 0 spiro atoms. The average Bonchev–Trinajstić information content (AvgIpc) is 2.63. The first-order valence-corrected chi connectivity index (χ1v) is 9.58. The summed E-state index contributed by atoms with van der Waals surface area (Å²) in [5, 5.41) is 3.11. The van der Waals surface area contributed by atoms with Crippen molar-refractivity contribution < 1.29 is 14.3 Å². The Balaban J connectivity index is 1.85. The maximum Gasteiger partial charge on any atom is 0.217 e. The van der Waals surface area contributed by atoms with E-state index in [0.717, 1.165) is 36.1 Å². The summed E-state index contributed by atoms with van der Waals surface area (Å²) in [6, 6.07) is 14.7. The van der Waals surface area contributed by atoms with Gasteiger partial charge < -0.3 is 14.8 Å². The molecule has 1 saturated heterocycles. The van der Waals surface area contributed by atoms with Gasteiger partial charge in [-0.05, 0) is 67.5 Å². The number of nitrogens with one attached hydrogen (secondary N) is 1. The van der Waals surface area contributed by atoms with Crippen molar-refractivity contribution in [1.82, 2.24) is 5.32 Å². The van der Waals surface area contributed by atoms with E-state index in [4.69, 9.17) is 9.47 Å². The third-order valence-electron chi connectivity index (χ3n) is 5.25. The molecule has 144 valence electrons. The highest BCUT2D eigenvalue weighted by atomic mass is 16.5. The Morgan fingerprint density at radius 2 is 1.89 bits per heavy atom. The van der Waals surface area contributed by atoms with Crippen LogP contribution in [0.5, 0.6) is 5.75 Å². The molecule has 2 aromatic rings. The summed E-state index contributed by atoms with van der Waals surface area (Å²) in [5.74, 6) is 0.910. The van der Waals surface area contributed by atoms with Crippen molar-refractivity contribution in [3.05, 3.63) is 64.7 Å². The molecule has 3 atom stereocenters. The van der Waals surface area contributed by atoms with Crippen LogP contribution in [0.2, 0.25) is 0 Å². The number of carbonyl (C=O) groups is 1. The SMILES string of the molecule is COc1cc(C)c([C@@H]2C[C@H](NC(C)=O)C[C@H](Cc3ccccc3)O2)cc1C. The van der Waals surface area contributed by atoms with Crippen molar-refractivity contribution in [3.8, 4) is 5.75 Å². The van der Waals surface area contributed by atoms with Crippen LogP contribution in [0.4, 0.5) is 0 Å². The van der Waals surface area contributed by atoms with Crippen LogP contribution in [0.25, 0.3) is 0 Å².